The average Bonchev–Trinajstić information content (AvgIpc) is 2.13. The van der Waals surface area contributed by atoms with Crippen LogP contribution in [0.3, 0.4) is 0 Å². The van der Waals surface area contributed by atoms with E-state index in [-0.39, 0.29) is 5.56 Å². The minimum atomic E-state index is -0.227. The van der Waals surface area contributed by atoms with Crippen molar-refractivity contribution in [2.75, 3.05) is 12.4 Å². The first-order valence-corrected chi connectivity index (χ1v) is 2.98. The smallest absolute Gasteiger partial charge is 0.271 e. The average molecular weight is 136 g/mol. The van der Waals surface area contributed by atoms with Gasteiger partial charge in [0.05, 0.1) is 0 Å². The fourth-order valence-electron chi connectivity index (χ4n) is 0.617. The lowest BCUT2D eigenvalue weighted by Gasteiger charge is -1.88. The van der Waals surface area contributed by atoms with Crippen LogP contribution in [-0.2, 0) is 0 Å². The third-order valence-corrected chi connectivity index (χ3v) is 1.09. The minimum Gasteiger partial charge on any atom is -0.373 e. The summed E-state index contributed by atoms with van der Waals surface area (Å²) < 4.78 is 0. The van der Waals surface area contributed by atoms with Gasteiger partial charge in [0.15, 0.2) is 0 Å². The number of nitrogens with one attached hydrogen (secondary N) is 1. The molecule has 0 radical (unpaired) electrons. The molecule has 0 saturated carbocycles. The molecule has 0 fully saturated rings. The Hall–Kier alpha value is -1.38. The van der Waals surface area contributed by atoms with Crippen LogP contribution in [0.2, 0.25) is 0 Å². The molecule has 1 aromatic rings. The third-order valence-electron chi connectivity index (χ3n) is 1.09. The molecule has 0 aromatic carbocycles. The zero-order valence-electron chi connectivity index (χ0n) is 5.66. The van der Waals surface area contributed by atoms with Gasteiger partial charge in [-0.15, -0.1) is 0 Å². The second-order valence-electron chi connectivity index (χ2n) is 1.80. The second kappa shape index (κ2) is 2.96. The van der Waals surface area contributed by atoms with Gasteiger partial charge in [-0.1, -0.05) is 12.1 Å². The Bertz CT molecular complexity index is 272. The molecule has 1 aromatic heterocycles. The van der Waals surface area contributed by atoms with Crippen molar-refractivity contribution >= 4 is 5.82 Å². The Morgan fingerprint density at radius 2 is 2.10 bits per heavy atom. The summed E-state index contributed by atoms with van der Waals surface area (Å²) in [5.41, 5.74) is -0.227. The summed E-state index contributed by atoms with van der Waals surface area (Å²) in [5.74, 6) is 0.593. The van der Waals surface area contributed by atoms with Crippen LogP contribution in [0.5, 0.6) is 0 Å². The molecule has 0 atom stereocenters. The fourth-order valence-corrected chi connectivity index (χ4v) is 0.617. The number of aromatic nitrogens is 1. The quantitative estimate of drug-likeness (QED) is 0.610. The Morgan fingerprint density at radius 3 is 2.80 bits per heavy atom. The lowest BCUT2D eigenvalue weighted by Crippen LogP contribution is -2.01. The summed E-state index contributed by atoms with van der Waals surface area (Å²) in [5, 5.41) is 2.78. The normalized spacial score (nSPS) is 8.90. The van der Waals surface area contributed by atoms with E-state index in [2.05, 4.69) is 10.3 Å². The van der Waals surface area contributed by atoms with E-state index < -0.39 is 0 Å². The lowest BCUT2D eigenvalue weighted by atomic mass is 10.5. The molecule has 0 unspecified atom stereocenters. The molecule has 3 nitrogen and oxygen atoms in total. The van der Waals surface area contributed by atoms with Crippen molar-refractivity contribution in [3.05, 3.63) is 34.6 Å². The highest BCUT2D eigenvalue weighted by Crippen LogP contribution is 1.92. The van der Waals surface area contributed by atoms with Crippen molar-refractivity contribution in [2.24, 2.45) is 0 Å². The van der Waals surface area contributed by atoms with Gasteiger partial charge in [-0.25, -0.2) is 0 Å². The first kappa shape index (κ1) is 6.74. The van der Waals surface area contributed by atoms with E-state index in [9.17, 15) is 4.79 Å². The summed E-state index contributed by atoms with van der Waals surface area (Å²) >= 11 is 0. The maximum atomic E-state index is 10.7. The predicted molar refractivity (Wildman–Crippen MR) is 40.1 cm³/mol. The van der Waals surface area contributed by atoms with Gasteiger partial charge in [-0.2, -0.15) is 4.98 Å². The molecule has 0 amide bonds. The van der Waals surface area contributed by atoms with E-state index >= 15 is 0 Å². The van der Waals surface area contributed by atoms with Crippen LogP contribution in [0.15, 0.2) is 29.1 Å². The Labute approximate surface area is 58.7 Å². The Kier molecular flexibility index (Phi) is 1.99. The van der Waals surface area contributed by atoms with Crippen LogP contribution >= 0.6 is 0 Å². The molecular formula is C7H8N2O. The summed E-state index contributed by atoms with van der Waals surface area (Å²) in [6, 6.07) is 6.58. The second-order valence-corrected chi connectivity index (χ2v) is 1.80. The highest BCUT2D eigenvalue weighted by atomic mass is 16.1. The Balaban J connectivity index is 3.22. The summed E-state index contributed by atoms with van der Waals surface area (Å²) in [6.07, 6.45) is 0. The lowest BCUT2D eigenvalue weighted by molar-refractivity contribution is 1.25. The van der Waals surface area contributed by atoms with Gasteiger partial charge in [0, 0.05) is 13.1 Å². The van der Waals surface area contributed by atoms with E-state index in [4.69, 9.17) is 0 Å². The fraction of sp³-hybridized carbons (Fsp3) is 0.143. The van der Waals surface area contributed by atoms with Gasteiger partial charge in [0.1, 0.15) is 5.82 Å². The molecule has 0 aliphatic carbocycles. The van der Waals surface area contributed by atoms with Crippen LogP contribution in [0.1, 0.15) is 0 Å². The number of anilines is 1. The molecule has 0 spiro atoms. The van der Waals surface area contributed by atoms with Gasteiger partial charge >= 0.3 is 0 Å². The first-order valence-electron chi connectivity index (χ1n) is 2.98. The molecule has 0 bridgehead atoms. The maximum Gasteiger partial charge on any atom is 0.271 e. The van der Waals surface area contributed by atoms with E-state index in [1.807, 2.05) is 0 Å². The molecule has 3 heteroatoms. The highest BCUT2D eigenvalue weighted by molar-refractivity contribution is 5.30. The van der Waals surface area contributed by atoms with E-state index in [1.54, 1.807) is 25.2 Å². The van der Waals surface area contributed by atoms with Crippen molar-refractivity contribution in [3.8, 4) is 0 Å². The topological polar surface area (TPSA) is 42.0 Å². The van der Waals surface area contributed by atoms with Crippen LogP contribution in [0, 0.1) is 0 Å². The van der Waals surface area contributed by atoms with Crippen molar-refractivity contribution in [2.45, 2.75) is 0 Å². The zero-order chi connectivity index (χ0) is 7.40. The SMILES string of the molecule is CNc1ccccc(=O)n1. The van der Waals surface area contributed by atoms with Gasteiger partial charge in [0.2, 0.25) is 0 Å². The van der Waals surface area contributed by atoms with Crippen molar-refractivity contribution in [1.82, 2.24) is 4.98 Å². The van der Waals surface area contributed by atoms with Gasteiger partial charge in [-0.05, 0) is 6.07 Å². The van der Waals surface area contributed by atoms with Crippen molar-refractivity contribution in [1.29, 1.82) is 0 Å². The zero-order valence-corrected chi connectivity index (χ0v) is 5.66. The molecular weight excluding hydrogens is 128 g/mol. The van der Waals surface area contributed by atoms with Gasteiger partial charge in [-0.3, -0.25) is 4.79 Å². The maximum absolute atomic E-state index is 10.7. The first-order chi connectivity index (χ1) is 4.83. The number of hydrogen-bond acceptors (Lipinski definition) is 3. The van der Waals surface area contributed by atoms with Crippen LogP contribution in [0.25, 0.3) is 0 Å². The molecule has 52 valence electrons. The number of hydrogen-bond donors (Lipinski definition) is 1. The van der Waals surface area contributed by atoms with Gasteiger partial charge < -0.3 is 5.32 Å². The van der Waals surface area contributed by atoms with E-state index in [0.717, 1.165) is 0 Å². The molecule has 0 saturated heterocycles. The number of rotatable bonds is 1. The van der Waals surface area contributed by atoms with E-state index in [0.29, 0.717) is 5.82 Å². The van der Waals surface area contributed by atoms with E-state index in [1.165, 1.54) is 6.07 Å². The third kappa shape index (κ3) is 1.55. The van der Waals surface area contributed by atoms with Crippen LogP contribution in [-0.4, -0.2) is 12.0 Å². The van der Waals surface area contributed by atoms with Crippen molar-refractivity contribution in [3.63, 3.8) is 0 Å². The molecule has 1 N–H and O–H groups in total. The summed E-state index contributed by atoms with van der Waals surface area (Å²) in [4.78, 5) is 14.4. The van der Waals surface area contributed by atoms with Gasteiger partial charge in [0.25, 0.3) is 5.56 Å². The largest absolute Gasteiger partial charge is 0.373 e. The van der Waals surface area contributed by atoms with Crippen LogP contribution in [0.4, 0.5) is 5.82 Å². The summed E-state index contributed by atoms with van der Waals surface area (Å²) in [6.45, 7) is 0. The monoisotopic (exact) mass is 136 g/mol. The predicted octanol–water partition coefficient (Wildman–Crippen LogP) is 0.483. The highest BCUT2D eigenvalue weighted by Gasteiger charge is 1.84. The molecule has 10 heavy (non-hydrogen) atoms. The van der Waals surface area contributed by atoms with Crippen molar-refractivity contribution < 1.29 is 0 Å². The molecule has 0 aliphatic heterocycles. The minimum absolute atomic E-state index is 0.227. The molecule has 1 rings (SSSR count). The standard InChI is InChI=1S/C7H8N2O/c1-8-6-4-2-3-5-7(10)9-6/h2-5H,1H3,(H,8,9,10). The van der Waals surface area contributed by atoms with Crippen LogP contribution < -0.4 is 10.9 Å². The molecule has 1 heterocycles. The number of nitrogens with zero attached hydrogens (tertiary/aromatic N) is 1. The molecule has 0 aliphatic rings. The Morgan fingerprint density at radius 1 is 1.40 bits per heavy atom. The summed E-state index contributed by atoms with van der Waals surface area (Å²) in [7, 11) is 1.72.